The highest BCUT2D eigenvalue weighted by Gasteiger charge is 2.11. The van der Waals surface area contributed by atoms with Gasteiger partial charge < -0.3 is 0 Å². The molecule has 20 heavy (non-hydrogen) atoms. The SMILES string of the molecule is O=C(Cc1ccc(Cl)cc1Cl)Cc1ccc(Br)cc1Cl. The van der Waals surface area contributed by atoms with E-state index in [0.717, 1.165) is 15.6 Å². The Bertz CT molecular complexity index is 600. The molecule has 0 saturated heterocycles. The van der Waals surface area contributed by atoms with Gasteiger partial charge in [-0.15, -0.1) is 0 Å². The van der Waals surface area contributed by atoms with Crippen LogP contribution >= 0.6 is 50.7 Å². The number of hydrogen-bond acceptors (Lipinski definition) is 1. The van der Waals surface area contributed by atoms with Crippen LogP contribution in [0.25, 0.3) is 0 Å². The fourth-order valence-electron chi connectivity index (χ4n) is 1.82. The summed E-state index contributed by atoms with van der Waals surface area (Å²) >= 11 is 21.3. The summed E-state index contributed by atoms with van der Waals surface area (Å²) in [5.74, 6) is 0.0541. The zero-order valence-electron chi connectivity index (χ0n) is 10.3. The van der Waals surface area contributed by atoms with Crippen molar-refractivity contribution in [3.05, 3.63) is 67.1 Å². The minimum Gasteiger partial charge on any atom is -0.299 e. The van der Waals surface area contributed by atoms with Crippen molar-refractivity contribution in [2.75, 3.05) is 0 Å². The number of carbonyl (C=O) groups is 1. The van der Waals surface area contributed by atoms with Gasteiger partial charge in [-0.2, -0.15) is 0 Å². The molecule has 0 amide bonds. The summed E-state index contributed by atoms with van der Waals surface area (Å²) < 4.78 is 0.888. The number of ketones is 1. The van der Waals surface area contributed by atoms with E-state index in [-0.39, 0.29) is 18.6 Å². The molecule has 2 aromatic rings. The highest BCUT2D eigenvalue weighted by Crippen LogP contribution is 2.24. The lowest BCUT2D eigenvalue weighted by Gasteiger charge is -2.06. The summed E-state index contributed by atoms with van der Waals surface area (Å²) in [6.45, 7) is 0. The van der Waals surface area contributed by atoms with Gasteiger partial charge in [0.2, 0.25) is 0 Å². The van der Waals surface area contributed by atoms with Crippen molar-refractivity contribution in [3.8, 4) is 0 Å². The Morgan fingerprint density at radius 2 is 1.45 bits per heavy atom. The minimum atomic E-state index is 0.0541. The van der Waals surface area contributed by atoms with E-state index in [4.69, 9.17) is 34.8 Å². The summed E-state index contributed by atoms with van der Waals surface area (Å²) in [5.41, 5.74) is 1.58. The number of halogens is 4. The summed E-state index contributed by atoms with van der Waals surface area (Å²) in [5, 5.41) is 1.64. The molecule has 0 fully saturated rings. The Kier molecular flexibility index (Phi) is 5.50. The normalized spacial score (nSPS) is 10.6. The second kappa shape index (κ2) is 6.95. The van der Waals surface area contributed by atoms with Crippen LogP contribution in [-0.2, 0) is 17.6 Å². The number of hydrogen-bond donors (Lipinski definition) is 0. The van der Waals surface area contributed by atoms with Gasteiger partial charge in [-0.05, 0) is 35.4 Å². The van der Waals surface area contributed by atoms with Gasteiger partial charge in [0.15, 0.2) is 0 Å². The highest BCUT2D eigenvalue weighted by atomic mass is 79.9. The number of Topliss-reactive ketones (excluding diaryl/α,β-unsaturated/α-hetero) is 1. The average Bonchev–Trinajstić information content (AvgIpc) is 2.36. The van der Waals surface area contributed by atoms with Gasteiger partial charge >= 0.3 is 0 Å². The standard InChI is InChI=1S/C15H10BrCl3O/c16-11-3-1-9(14(18)7-11)5-13(20)6-10-2-4-12(17)8-15(10)19/h1-4,7-8H,5-6H2. The first-order valence-corrected chi connectivity index (χ1v) is 7.78. The molecule has 104 valence electrons. The van der Waals surface area contributed by atoms with Crippen LogP contribution in [0.3, 0.4) is 0 Å². The molecule has 0 heterocycles. The molecule has 2 aromatic carbocycles. The van der Waals surface area contributed by atoms with Crippen molar-refractivity contribution in [2.24, 2.45) is 0 Å². The van der Waals surface area contributed by atoms with Crippen LogP contribution in [0.1, 0.15) is 11.1 Å². The van der Waals surface area contributed by atoms with E-state index in [1.165, 1.54) is 0 Å². The second-order valence-electron chi connectivity index (χ2n) is 4.36. The molecule has 0 aliphatic carbocycles. The lowest BCUT2D eigenvalue weighted by Crippen LogP contribution is -2.07. The van der Waals surface area contributed by atoms with Gasteiger partial charge in [0.1, 0.15) is 5.78 Å². The van der Waals surface area contributed by atoms with Gasteiger partial charge in [0.05, 0.1) is 0 Å². The fraction of sp³-hybridized carbons (Fsp3) is 0.133. The molecule has 0 spiro atoms. The molecule has 0 aliphatic heterocycles. The minimum absolute atomic E-state index is 0.0541. The number of carbonyl (C=O) groups excluding carboxylic acids is 1. The summed E-state index contributed by atoms with van der Waals surface area (Å²) in [4.78, 5) is 12.1. The average molecular weight is 393 g/mol. The molecule has 0 radical (unpaired) electrons. The molecule has 0 N–H and O–H groups in total. The lowest BCUT2D eigenvalue weighted by atomic mass is 10.0. The largest absolute Gasteiger partial charge is 0.299 e. The van der Waals surface area contributed by atoms with Crippen LogP contribution in [0.5, 0.6) is 0 Å². The molecule has 0 saturated carbocycles. The van der Waals surface area contributed by atoms with Crippen LogP contribution in [0.2, 0.25) is 15.1 Å². The lowest BCUT2D eigenvalue weighted by molar-refractivity contribution is -0.117. The van der Waals surface area contributed by atoms with Gasteiger partial charge in [0.25, 0.3) is 0 Å². The monoisotopic (exact) mass is 390 g/mol. The van der Waals surface area contributed by atoms with Crippen LogP contribution < -0.4 is 0 Å². The molecular weight excluding hydrogens is 382 g/mol. The van der Waals surface area contributed by atoms with Crippen molar-refractivity contribution in [2.45, 2.75) is 12.8 Å². The third-order valence-electron chi connectivity index (χ3n) is 2.81. The van der Waals surface area contributed by atoms with E-state index < -0.39 is 0 Å². The Morgan fingerprint density at radius 1 is 0.900 bits per heavy atom. The maximum Gasteiger partial charge on any atom is 0.141 e. The van der Waals surface area contributed by atoms with Crippen molar-refractivity contribution >= 4 is 56.5 Å². The third kappa shape index (κ3) is 4.23. The first kappa shape index (κ1) is 15.8. The maximum atomic E-state index is 12.1. The number of rotatable bonds is 4. The van der Waals surface area contributed by atoms with E-state index in [1.807, 2.05) is 12.1 Å². The predicted octanol–water partition coefficient (Wildman–Crippen LogP) is 5.76. The quantitative estimate of drug-likeness (QED) is 0.646. The molecular formula is C15H10BrCl3O. The van der Waals surface area contributed by atoms with E-state index in [2.05, 4.69) is 15.9 Å². The Balaban J connectivity index is 2.09. The molecule has 0 atom stereocenters. The first-order valence-electron chi connectivity index (χ1n) is 5.85. The molecule has 2 rings (SSSR count). The van der Waals surface area contributed by atoms with Crippen LogP contribution in [0.15, 0.2) is 40.9 Å². The smallest absolute Gasteiger partial charge is 0.141 e. The fourth-order valence-corrected chi connectivity index (χ4v) is 3.03. The van der Waals surface area contributed by atoms with E-state index >= 15 is 0 Å². The third-order valence-corrected chi connectivity index (χ3v) is 4.24. The Labute approximate surface area is 141 Å². The molecule has 0 bridgehead atoms. The summed E-state index contributed by atoms with van der Waals surface area (Å²) in [6.07, 6.45) is 0.549. The Hall–Kier alpha value is -0.540. The molecule has 5 heteroatoms. The van der Waals surface area contributed by atoms with Crippen molar-refractivity contribution in [1.82, 2.24) is 0 Å². The van der Waals surface area contributed by atoms with Crippen molar-refractivity contribution in [3.63, 3.8) is 0 Å². The zero-order valence-corrected chi connectivity index (χ0v) is 14.2. The Morgan fingerprint density at radius 3 is 2.00 bits per heavy atom. The summed E-state index contributed by atoms with van der Waals surface area (Å²) in [7, 11) is 0. The summed E-state index contributed by atoms with van der Waals surface area (Å²) in [6, 6.07) is 10.6. The van der Waals surface area contributed by atoms with Crippen LogP contribution in [-0.4, -0.2) is 5.78 Å². The molecule has 0 unspecified atom stereocenters. The van der Waals surface area contributed by atoms with Gasteiger partial charge in [0, 0.05) is 32.4 Å². The van der Waals surface area contributed by atoms with Gasteiger partial charge in [-0.3, -0.25) is 4.79 Å². The molecule has 0 aliphatic rings. The van der Waals surface area contributed by atoms with Crippen LogP contribution in [0, 0.1) is 0 Å². The highest BCUT2D eigenvalue weighted by molar-refractivity contribution is 9.10. The number of benzene rings is 2. The van der Waals surface area contributed by atoms with E-state index in [1.54, 1.807) is 24.3 Å². The van der Waals surface area contributed by atoms with Gasteiger partial charge in [-0.1, -0.05) is 62.9 Å². The predicted molar refractivity (Wildman–Crippen MR) is 88.0 cm³/mol. The molecule has 0 aromatic heterocycles. The second-order valence-corrected chi connectivity index (χ2v) is 6.53. The zero-order chi connectivity index (χ0) is 14.7. The van der Waals surface area contributed by atoms with E-state index in [0.29, 0.717) is 15.1 Å². The topological polar surface area (TPSA) is 17.1 Å². The van der Waals surface area contributed by atoms with Crippen molar-refractivity contribution in [1.29, 1.82) is 0 Å². The van der Waals surface area contributed by atoms with Crippen molar-refractivity contribution < 1.29 is 4.79 Å². The van der Waals surface area contributed by atoms with Gasteiger partial charge in [-0.25, -0.2) is 0 Å². The van der Waals surface area contributed by atoms with Crippen LogP contribution in [0.4, 0.5) is 0 Å². The molecule has 1 nitrogen and oxygen atoms in total. The maximum absolute atomic E-state index is 12.1. The first-order chi connectivity index (χ1) is 9.45. The van der Waals surface area contributed by atoms with E-state index in [9.17, 15) is 4.79 Å².